The summed E-state index contributed by atoms with van der Waals surface area (Å²) in [6.45, 7) is 3.44. The fourth-order valence-corrected chi connectivity index (χ4v) is 3.90. The molecule has 0 aliphatic heterocycles. The van der Waals surface area contributed by atoms with Crippen LogP contribution in [-0.4, -0.2) is 53.5 Å². The van der Waals surface area contributed by atoms with E-state index in [-0.39, 0.29) is 25.0 Å². The number of carbonyl (C=O) groups excluding carboxylic acids is 2. The molecule has 3 rings (SSSR count). The Morgan fingerprint density at radius 2 is 1.56 bits per heavy atom. The maximum Gasteiger partial charge on any atom is 0.407 e. The van der Waals surface area contributed by atoms with Gasteiger partial charge in [-0.3, -0.25) is 9.59 Å². The molecular formula is C24H28N2O6. The van der Waals surface area contributed by atoms with E-state index < -0.39 is 36.5 Å². The quantitative estimate of drug-likeness (QED) is 0.475. The number of ether oxygens (including phenoxy) is 1. The molecule has 2 aromatic carbocycles. The maximum absolute atomic E-state index is 12.5. The summed E-state index contributed by atoms with van der Waals surface area (Å²) in [5.41, 5.74) is 4.42. The summed E-state index contributed by atoms with van der Waals surface area (Å²) in [5, 5.41) is 23.4. The van der Waals surface area contributed by atoms with Gasteiger partial charge in [0.15, 0.2) is 0 Å². The lowest BCUT2D eigenvalue weighted by molar-refractivity contribution is -0.139. The zero-order chi connectivity index (χ0) is 23.3. The second-order valence-corrected chi connectivity index (χ2v) is 8.19. The van der Waals surface area contributed by atoms with Gasteiger partial charge in [-0.05, 0) is 28.2 Å². The number of hydrogen-bond acceptors (Lipinski definition) is 5. The SMILES string of the molecule is CC(C)[C@H](NC(=O)OCC1c2ccccc2-c2ccccc21)C(=O)NCC(O)CC(=O)O. The zero-order valence-corrected chi connectivity index (χ0v) is 18.1. The van der Waals surface area contributed by atoms with E-state index in [1.165, 1.54) is 0 Å². The molecule has 1 aliphatic carbocycles. The third-order valence-electron chi connectivity index (χ3n) is 5.49. The van der Waals surface area contributed by atoms with E-state index in [2.05, 4.69) is 10.6 Å². The molecule has 32 heavy (non-hydrogen) atoms. The molecule has 170 valence electrons. The molecule has 8 heteroatoms. The van der Waals surface area contributed by atoms with Crippen LogP contribution < -0.4 is 10.6 Å². The van der Waals surface area contributed by atoms with Gasteiger partial charge in [0.1, 0.15) is 12.6 Å². The molecule has 0 radical (unpaired) electrons. The van der Waals surface area contributed by atoms with E-state index in [4.69, 9.17) is 9.84 Å². The summed E-state index contributed by atoms with van der Waals surface area (Å²) in [5.74, 6) is -2.01. The van der Waals surface area contributed by atoms with Crippen molar-refractivity contribution in [3.05, 3.63) is 59.7 Å². The third-order valence-corrected chi connectivity index (χ3v) is 5.49. The fraction of sp³-hybridized carbons (Fsp3) is 0.375. The lowest BCUT2D eigenvalue weighted by Crippen LogP contribution is -2.51. The average Bonchev–Trinajstić information content (AvgIpc) is 3.07. The first-order valence-electron chi connectivity index (χ1n) is 10.6. The molecule has 0 fully saturated rings. The van der Waals surface area contributed by atoms with Gasteiger partial charge in [0.2, 0.25) is 5.91 Å². The molecule has 0 saturated carbocycles. The number of fused-ring (bicyclic) bond motifs is 3. The van der Waals surface area contributed by atoms with Crippen LogP contribution in [0.25, 0.3) is 11.1 Å². The molecule has 2 amide bonds. The summed E-state index contributed by atoms with van der Waals surface area (Å²) in [7, 11) is 0. The Kier molecular flexibility index (Phi) is 7.48. The van der Waals surface area contributed by atoms with Crippen molar-refractivity contribution >= 4 is 18.0 Å². The Hall–Kier alpha value is -3.39. The number of rotatable bonds is 9. The summed E-state index contributed by atoms with van der Waals surface area (Å²) in [6.07, 6.45) is -2.41. The monoisotopic (exact) mass is 440 g/mol. The third kappa shape index (κ3) is 5.45. The molecule has 4 N–H and O–H groups in total. The first-order chi connectivity index (χ1) is 15.3. The van der Waals surface area contributed by atoms with Crippen LogP contribution in [0.1, 0.15) is 37.3 Å². The highest BCUT2D eigenvalue weighted by Crippen LogP contribution is 2.44. The molecule has 2 aromatic rings. The molecule has 0 aromatic heterocycles. The number of aliphatic hydroxyl groups excluding tert-OH is 1. The van der Waals surface area contributed by atoms with Crippen molar-refractivity contribution in [3.8, 4) is 11.1 Å². The second kappa shape index (κ2) is 10.3. The number of amides is 2. The molecule has 0 spiro atoms. The number of aliphatic hydroxyl groups is 1. The van der Waals surface area contributed by atoms with Gasteiger partial charge in [-0.2, -0.15) is 0 Å². The van der Waals surface area contributed by atoms with Gasteiger partial charge in [-0.15, -0.1) is 0 Å². The lowest BCUT2D eigenvalue weighted by Gasteiger charge is -2.23. The molecule has 0 bridgehead atoms. The molecule has 0 saturated heterocycles. The van der Waals surface area contributed by atoms with Crippen molar-refractivity contribution in [2.75, 3.05) is 13.2 Å². The minimum atomic E-state index is -1.21. The normalized spacial score (nSPS) is 14.2. The Morgan fingerprint density at radius 3 is 2.09 bits per heavy atom. The maximum atomic E-state index is 12.5. The van der Waals surface area contributed by atoms with Crippen LogP contribution in [0.2, 0.25) is 0 Å². The van der Waals surface area contributed by atoms with Crippen molar-refractivity contribution in [3.63, 3.8) is 0 Å². The highest BCUT2D eigenvalue weighted by Gasteiger charge is 2.30. The number of nitrogens with one attached hydrogen (secondary N) is 2. The summed E-state index contributed by atoms with van der Waals surface area (Å²) in [4.78, 5) is 35.6. The van der Waals surface area contributed by atoms with Crippen LogP contribution in [-0.2, 0) is 14.3 Å². The van der Waals surface area contributed by atoms with Crippen molar-refractivity contribution in [2.24, 2.45) is 5.92 Å². The van der Waals surface area contributed by atoms with E-state index in [0.29, 0.717) is 0 Å². The first kappa shape index (κ1) is 23.3. The van der Waals surface area contributed by atoms with Gasteiger partial charge < -0.3 is 25.6 Å². The lowest BCUT2D eigenvalue weighted by atomic mass is 9.98. The van der Waals surface area contributed by atoms with Crippen molar-refractivity contribution in [2.45, 2.75) is 38.3 Å². The van der Waals surface area contributed by atoms with Gasteiger partial charge in [-0.25, -0.2) is 4.79 Å². The van der Waals surface area contributed by atoms with Gasteiger partial charge in [0.25, 0.3) is 0 Å². The Balaban J connectivity index is 1.59. The first-order valence-corrected chi connectivity index (χ1v) is 10.6. The van der Waals surface area contributed by atoms with E-state index >= 15 is 0 Å². The molecular weight excluding hydrogens is 412 g/mol. The summed E-state index contributed by atoms with van der Waals surface area (Å²) in [6, 6.07) is 15.1. The largest absolute Gasteiger partial charge is 0.481 e. The van der Waals surface area contributed by atoms with Crippen LogP contribution in [0.15, 0.2) is 48.5 Å². The number of aliphatic carboxylic acids is 1. The smallest absolute Gasteiger partial charge is 0.407 e. The van der Waals surface area contributed by atoms with Crippen LogP contribution in [0.4, 0.5) is 4.79 Å². The van der Waals surface area contributed by atoms with Gasteiger partial charge in [-0.1, -0.05) is 62.4 Å². The van der Waals surface area contributed by atoms with Crippen molar-refractivity contribution in [1.29, 1.82) is 0 Å². The summed E-state index contributed by atoms with van der Waals surface area (Å²) >= 11 is 0. The van der Waals surface area contributed by atoms with E-state index in [0.717, 1.165) is 22.3 Å². The van der Waals surface area contributed by atoms with E-state index in [9.17, 15) is 19.5 Å². The van der Waals surface area contributed by atoms with Gasteiger partial charge in [0.05, 0.1) is 12.5 Å². The summed E-state index contributed by atoms with van der Waals surface area (Å²) < 4.78 is 5.49. The van der Waals surface area contributed by atoms with Crippen LogP contribution >= 0.6 is 0 Å². The topological polar surface area (TPSA) is 125 Å². The van der Waals surface area contributed by atoms with Crippen LogP contribution in [0.5, 0.6) is 0 Å². The number of hydrogen-bond donors (Lipinski definition) is 4. The van der Waals surface area contributed by atoms with E-state index in [1.807, 2.05) is 48.5 Å². The molecule has 0 heterocycles. The van der Waals surface area contributed by atoms with Crippen molar-refractivity contribution in [1.82, 2.24) is 10.6 Å². The predicted molar refractivity (Wildman–Crippen MR) is 118 cm³/mol. The average molecular weight is 440 g/mol. The Labute approximate surface area is 186 Å². The second-order valence-electron chi connectivity index (χ2n) is 8.19. The predicted octanol–water partition coefficient (Wildman–Crippen LogP) is 2.50. The molecule has 2 atom stereocenters. The number of carboxylic acid groups (broad SMARTS) is 1. The Bertz CT molecular complexity index is 944. The van der Waals surface area contributed by atoms with Crippen LogP contribution in [0.3, 0.4) is 0 Å². The van der Waals surface area contributed by atoms with E-state index in [1.54, 1.807) is 13.8 Å². The zero-order valence-electron chi connectivity index (χ0n) is 18.1. The molecule has 1 unspecified atom stereocenters. The van der Waals surface area contributed by atoms with Crippen molar-refractivity contribution < 1.29 is 29.3 Å². The highest BCUT2D eigenvalue weighted by atomic mass is 16.5. The number of alkyl carbamates (subject to hydrolysis) is 1. The minimum absolute atomic E-state index is 0.0920. The standard InChI is InChI=1S/C24H28N2O6/c1-14(2)22(23(30)25-12-15(27)11-21(28)29)26-24(31)32-13-20-18-9-5-3-7-16(18)17-8-4-6-10-19(17)20/h3-10,14-15,20,22,27H,11-13H2,1-2H3,(H,25,30)(H,26,31)(H,28,29)/t15?,22-/m0/s1. The van der Waals surface area contributed by atoms with Gasteiger partial charge >= 0.3 is 12.1 Å². The number of benzene rings is 2. The minimum Gasteiger partial charge on any atom is -0.481 e. The molecule has 8 nitrogen and oxygen atoms in total. The number of carbonyl (C=O) groups is 3. The molecule has 1 aliphatic rings. The highest BCUT2D eigenvalue weighted by molar-refractivity contribution is 5.86. The number of carboxylic acids is 1. The Morgan fingerprint density at radius 1 is 1.00 bits per heavy atom. The van der Waals surface area contributed by atoms with Gasteiger partial charge in [0, 0.05) is 12.5 Å². The van der Waals surface area contributed by atoms with Crippen LogP contribution in [0, 0.1) is 5.92 Å². The fourth-order valence-electron chi connectivity index (χ4n) is 3.90.